The Balaban J connectivity index is 2.33. The van der Waals surface area contributed by atoms with E-state index in [1.165, 1.54) is 0 Å². The van der Waals surface area contributed by atoms with Crippen LogP contribution < -0.4 is 4.72 Å². The van der Waals surface area contributed by atoms with Crippen LogP contribution in [0, 0.1) is 6.92 Å². The number of carbonyl (C=O) groups is 1. The molecule has 20 heavy (non-hydrogen) atoms. The third-order valence-electron chi connectivity index (χ3n) is 2.43. The number of furan rings is 1. The fraction of sp³-hybridized carbons (Fsp3) is 0.0833. The van der Waals surface area contributed by atoms with E-state index >= 15 is 0 Å². The van der Waals surface area contributed by atoms with Gasteiger partial charge in [-0.25, -0.2) is 4.79 Å². The van der Waals surface area contributed by atoms with Crippen LogP contribution in [0.25, 0.3) is 0 Å². The molecule has 0 aliphatic heterocycles. The van der Waals surface area contributed by atoms with Gasteiger partial charge in [0.05, 0.1) is 5.69 Å². The Morgan fingerprint density at radius 2 is 2.00 bits per heavy atom. The van der Waals surface area contributed by atoms with E-state index in [-0.39, 0.29) is 0 Å². The number of carboxylic acid groups (broad SMARTS) is 1. The second-order valence-electron chi connectivity index (χ2n) is 4.01. The lowest BCUT2D eigenvalue weighted by atomic mass is 10.2. The molecule has 0 saturated carbocycles. The molecule has 1 aromatic carbocycles. The summed E-state index contributed by atoms with van der Waals surface area (Å²) in [7, 11) is -3.97. The molecule has 2 aromatic rings. The first kappa shape index (κ1) is 14.6. The fourth-order valence-corrected chi connectivity index (χ4v) is 3.22. The Kier molecular flexibility index (Phi) is 3.87. The van der Waals surface area contributed by atoms with Crippen molar-refractivity contribution >= 4 is 37.6 Å². The lowest BCUT2D eigenvalue weighted by Gasteiger charge is -2.08. The van der Waals surface area contributed by atoms with Crippen LogP contribution in [0.15, 0.2) is 44.3 Å². The molecule has 1 aromatic heterocycles. The molecule has 8 heteroatoms. The molecule has 0 aliphatic rings. The first-order valence-electron chi connectivity index (χ1n) is 5.42. The maximum atomic E-state index is 12.1. The highest BCUT2D eigenvalue weighted by molar-refractivity contribution is 9.10. The molecule has 0 atom stereocenters. The summed E-state index contributed by atoms with van der Waals surface area (Å²) in [5, 5.41) is 8.26. The summed E-state index contributed by atoms with van der Waals surface area (Å²) in [5.74, 6) is -1.77. The summed E-state index contributed by atoms with van der Waals surface area (Å²) in [6.07, 6.45) is 0. The first-order chi connectivity index (χ1) is 9.29. The molecule has 106 valence electrons. The van der Waals surface area contributed by atoms with Crippen LogP contribution in [-0.4, -0.2) is 19.5 Å². The molecule has 0 amide bonds. The molecule has 0 radical (unpaired) electrons. The smallest absolute Gasteiger partial charge is 0.371 e. The number of carboxylic acids is 1. The average molecular weight is 360 g/mol. The maximum Gasteiger partial charge on any atom is 0.371 e. The number of nitrogens with one attached hydrogen (secondary N) is 1. The molecule has 0 saturated heterocycles. The molecular weight excluding hydrogens is 350 g/mol. The quantitative estimate of drug-likeness (QED) is 0.874. The molecule has 0 unspecified atom stereocenters. The number of aryl methyl sites for hydroxylation is 1. The molecular formula is C12H10BrNO5S. The van der Waals surface area contributed by atoms with Crippen LogP contribution in [0.3, 0.4) is 0 Å². The second-order valence-corrected chi connectivity index (χ2v) is 6.48. The Hall–Kier alpha value is -1.80. The Morgan fingerprint density at radius 3 is 2.55 bits per heavy atom. The lowest BCUT2D eigenvalue weighted by molar-refractivity contribution is 0.0656. The van der Waals surface area contributed by atoms with Crippen LogP contribution in [-0.2, 0) is 10.0 Å². The van der Waals surface area contributed by atoms with Gasteiger partial charge in [-0.2, -0.15) is 8.42 Å². The van der Waals surface area contributed by atoms with Crippen molar-refractivity contribution in [3.63, 3.8) is 0 Å². The van der Waals surface area contributed by atoms with Crippen molar-refractivity contribution in [1.82, 2.24) is 0 Å². The predicted molar refractivity (Wildman–Crippen MR) is 75.4 cm³/mol. The predicted octanol–water partition coefficient (Wildman–Crippen LogP) is 2.85. The van der Waals surface area contributed by atoms with Crippen LogP contribution in [0.2, 0.25) is 0 Å². The highest BCUT2D eigenvalue weighted by Gasteiger charge is 2.21. The zero-order chi connectivity index (χ0) is 14.9. The van der Waals surface area contributed by atoms with E-state index in [0.717, 1.165) is 17.7 Å². The summed E-state index contributed by atoms with van der Waals surface area (Å²) in [6, 6.07) is 7.27. The molecule has 2 rings (SSSR count). The largest absolute Gasteiger partial charge is 0.475 e. The number of aromatic carboxylic acids is 1. The number of halogens is 1. The molecule has 0 aliphatic carbocycles. The van der Waals surface area contributed by atoms with Gasteiger partial charge in [-0.05, 0) is 52.7 Å². The molecule has 2 N–H and O–H groups in total. The van der Waals surface area contributed by atoms with E-state index in [0.29, 0.717) is 10.2 Å². The van der Waals surface area contributed by atoms with Gasteiger partial charge in [0.15, 0.2) is 0 Å². The minimum atomic E-state index is -3.97. The number of hydrogen-bond acceptors (Lipinski definition) is 4. The normalized spacial score (nSPS) is 11.3. The molecule has 6 nitrogen and oxygen atoms in total. The van der Waals surface area contributed by atoms with Crippen LogP contribution >= 0.6 is 15.9 Å². The highest BCUT2D eigenvalue weighted by atomic mass is 79.9. The van der Waals surface area contributed by atoms with Gasteiger partial charge in [-0.15, -0.1) is 0 Å². The van der Waals surface area contributed by atoms with Crippen molar-refractivity contribution in [2.75, 3.05) is 4.72 Å². The lowest BCUT2D eigenvalue weighted by Crippen LogP contribution is -2.12. The van der Waals surface area contributed by atoms with Crippen molar-refractivity contribution in [3.8, 4) is 0 Å². The summed E-state index contributed by atoms with van der Waals surface area (Å²) >= 11 is 3.25. The fourth-order valence-electron chi connectivity index (χ4n) is 1.48. The highest BCUT2D eigenvalue weighted by Crippen LogP contribution is 2.26. The maximum absolute atomic E-state index is 12.1. The van der Waals surface area contributed by atoms with Gasteiger partial charge in [0.2, 0.25) is 10.9 Å². The van der Waals surface area contributed by atoms with Crippen molar-refractivity contribution < 1.29 is 22.7 Å². The Labute approximate surface area is 123 Å². The van der Waals surface area contributed by atoms with Crippen LogP contribution in [0.5, 0.6) is 0 Å². The Bertz CT molecular complexity index is 766. The first-order valence-corrected chi connectivity index (χ1v) is 7.69. The number of benzene rings is 1. The van der Waals surface area contributed by atoms with E-state index < -0.39 is 26.8 Å². The van der Waals surface area contributed by atoms with Crippen molar-refractivity contribution in [1.29, 1.82) is 0 Å². The number of sulfonamides is 1. The van der Waals surface area contributed by atoms with Gasteiger partial charge in [-0.3, -0.25) is 4.72 Å². The van der Waals surface area contributed by atoms with Gasteiger partial charge in [-0.1, -0.05) is 6.07 Å². The summed E-state index contributed by atoms with van der Waals surface area (Å²) in [6.45, 7) is 1.87. The van der Waals surface area contributed by atoms with Gasteiger partial charge in [0.1, 0.15) is 0 Å². The van der Waals surface area contributed by atoms with E-state index in [4.69, 9.17) is 9.52 Å². The van der Waals surface area contributed by atoms with Gasteiger partial charge in [0, 0.05) is 4.47 Å². The molecule has 1 heterocycles. The second kappa shape index (κ2) is 5.29. The topological polar surface area (TPSA) is 96.6 Å². The molecule has 0 spiro atoms. The number of anilines is 1. The molecule has 0 fully saturated rings. The van der Waals surface area contributed by atoms with Crippen molar-refractivity contribution in [2.45, 2.75) is 12.0 Å². The standard InChI is InChI=1S/C12H10BrNO5S/c1-7-2-3-9(8(13)6-7)14-20(17,18)11-5-4-10(19-11)12(15)16/h2-6,14H,1H3,(H,15,16). The van der Waals surface area contributed by atoms with Crippen LogP contribution in [0.1, 0.15) is 16.1 Å². The average Bonchev–Trinajstić information content (AvgIpc) is 2.83. The third-order valence-corrected chi connectivity index (χ3v) is 4.32. The van der Waals surface area contributed by atoms with Gasteiger partial charge in [0.25, 0.3) is 10.0 Å². The zero-order valence-corrected chi connectivity index (χ0v) is 12.7. The van der Waals surface area contributed by atoms with E-state index in [9.17, 15) is 13.2 Å². The molecule has 0 bridgehead atoms. The zero-order valence-electron chi connectivity index (χ0n) is 10.3. The summed E-state index contributed by atoms with van der Waals surface area (Å²) in [5.41, 5.74) is 1.30. The minimum absolute atomic E-state index is 0.337. The van der Waals surface area contributed by atoms with Crippen molar-refractivity contribution in [2.24, 2.45) is 0 Å². The number of hydrogen-bond donors (Lipinski definition) is 2. The van der Waals surface area contributed by atoms with Crippen LogP contribution in [0.4, 0.5) is 5.69 Å². The third kappa shape index (κ3) is 3.02. The summed E-state index contributed by atoms with van der Waals surface area (Å²) in [4.78, 5) is 10.7. The minimum Gasteiger partial charge on any atom is -0.475 e. The van der Waals surface area contributed by atoms with E-state index in [1.807, 2.05) is 6.92 Å². The van der Waals surface area contributed by atoms with E-state index in [2.05, 4.69) is 20.7 Å². The van der Waals surface area contributed by atoms with Gasteiger partial charge >= 0.3 is 5.97 Å². The SMILES string of the molecule is Cc1ccc(NS(=O)(=O)c2ccc(C(=O)O)o2)c(Br)c1. The van der Waals surface area contributed by atoms with Gasteiger partial charge < -0.3 is 9.52 Å². The van der Waals surface area contributed by atoms with Crippen molar-refractivity contribution in [3.05, 3.63) is 46.1 Å². The monoisotopic (exact) mass is 359 g/mol. The van der Waals surface area contributed by atoms with E-state index in [1.54, 1.807) is 18.2 Å². The summed E-state index contributed by atoms with van der Waals surface area (Å²) < 4.78 is 31.8. The number of rotatable bonds is 4. The Morgan fingerprint density at radius 1 is 1.30 bits per heavy atom.